The summed E-state index contributed by atoms with van der Waals surface area (Å²) in [4.78, 5) is 4.10. The first-order valence-electron chi connectivity index (χ1n) is 3.23. The second-order valence-electron chi connectivity index (χ2n) is 2.37. The van der Waals surface area contributed by atoms with Gasteiger partial charge in [-0.3, -0.25) is 5.10 Å². The maximum atomic E-state index is 4.10. The summed E-state index contributed by atoms with van der Waals surface area (Å²) < 4.78 is 0.816. The monoisotopic (exact) mass is 211 g/mol. The van der Waals surface area contributed by atoms with Crippen LogP contribution in [0.4, 0.5) is 0 Å². The van der Waals surface area contributed by atoms with Crippen molar-refractivity contribution in [2.75, 3.05) is 0 Å². The third-order valence-electron chi connectivity index (χ3n) is 1.60. The molecule has 3 nitrogen and oxygen atoms in total. The minimum absolute atomic E-state index is 0.816. The highest BCUT2D eigenvalue weighted by Crippen LogP contribution is 2.16. The first kappa shape index (κ1) is 6.79. The van der Waals surface area contributed by atoms with Crippen LogP contribution in [-0.2, 0) is 0 Å². The highest BCUT2D eigenvalue weighted by Gasteiger charge is 2.00. The zero-order chi connectivity index (χ0) is 7.84. The van der Waals surface area contributed by atoms with Crippen molar-refractivity contribution in [2.45, 2.75) is 6.92 Å². The largest absolute Gasteiger partial charge is 0.282 e. The zero-order valence-corrected chi connectivity index (χ0v) is 7.51. The lowest BCUT2D eigenvalue weighted by Crippen LogP contribution is -1.74. The Morgan fingerprint density at radius 3 is 3.18 bits per heavy atom. The number of halogens is 1. The lowest BCUT2D eigenvalue weighted by atomic mass is 10.3. The lowest BCUT2D eigenvalue weighted by Gasteiger charge is -1.88. The van der Waals surface area contributed by atoms with E-state index >= 15 is 0 Å². The molecule has 1 N–H and O–H groups in total. The Labute approximate surface area is 72.0 Å². The molecule has 2 aromatic rings. The van der Waals surface area contributed by atoms with Crippen molar-refractivity contribution in [2.24, 2.45) is 0 Å². The first-order chi connectivity index (χ1) is 5.27. The zero-order valence-electron chi connectivity index (χ0n) is 5.93. The molecule has 0 aliphatic heterocycles. The van der Waals surface area contributed by atoms with Crippen molar-refractivity contribution in [3.63, 3.8) is 0 Å². The van der Waals surface area contributed by atoms with Crippen molar-refractivity contribution in [1.82, 2.24) is 15.2 Å². The molecule has 0 aliphatic rings. The molecule has 0 atom stereocenters. The summed E-state index contributed by atoms with van der Waals surface area (Å²) in [5.41, 5.74) is 2.00. The second kappa shape index (κ2) is 2.30. The number of fused-ring (bicyclic) bond motifs is 1. The van der Waals surface area contributed by atoms with Crippen LogP contribution < -0.4 is 0 Å². The van der Waals surface area contributed by atoms with Crippen LogP contribution in [0.3, 0.4) is 0 Å². The highest BCUT2D eigenvalue weighted by molar-refractivity contribution is 9.10. The molecule has 0 radical (unpaired) electrons. The molecular weight excluding hydrogens is 206 g/mol. The number of aromatic nitrogens is 3. The Morgan fingerprint density at radius 1 is 1.55 bits per heavy atom. The molecule has 0 amide bonds. The molecule has 2 rings (SSSR count). The smallest absolute Gasteiger partial charge is 0.108 e. The van der Waals surface area contributed by atoms with Crippen LogP contribution in [0.5, 0.6) is 0 Å². The fourth-order valence-corrected chi connectivity index (χ4v) is 1.33. The van der Waals surface area contributed by atoms with Gasteiger partial charge in [0, 0.05) is 17.3 Å². The topological polar surface area (TPSA) is 41.6 Å². The van der Waals surface area contributed by atoms with Crippen LogP contribution in [0, 0.1) is 6.92 Å². The molecule has 0 aromatic carbocycles. The van der Waals surface area contributed by atoms with Crippen LogP contribution in [0.1, 0.15) is 5.69 Å². The number of rotatable bonds is 0. The molecule has 2 heterocycles. The number of aryl methyl sites for hydroxylation is 1. The number of hydrogen-bond donors (Lipinski definition) is 1. The average molecular weight is 212 g/mol. The Kier molecular flexibility index (Phi) is 1.42. The third-order valence-corrected chi connectivity index (χ3v) is 2.03. The Balaban J connectivity index is 2.86. The summed E-state index contributed by atoms with van der Waals surface area (Å²) in [6.07, 6.45) is 1.80. The van der Waals surface area contributed by atoms with Gasteiger partial charge >= 0.3 is 0 Å². The maximum Gasteiger partial charge on any atom is 0.108 e. The van der Waals surface area contributed by atoms with Gasteiger partial charge in [-0.1, -0.05) is 0 Å². The standard InChI is InChI=1S/C7H6BrN3/c1-4-5-3-9-7(8)2-6(5)11-10-4/h2-3H,1H3,(H,10,11). The molecule has 0 aliphatic carbocycles. The summed E-state index contributed by atoms with van der Waals surface area (Å²) in [5.74, 6) is 0. The SMILES string of the molecule is Cc1[nH]nc2cc(Br)ncc12. The molecule has 0 bridgehead atoms. The van der Waals surface area contributed by atoms with Gasteiger partial charge in [-0.05, 0) is 28.9 Å². The number of hydrogen-bond acceptors (Lipinski definition) is 2. The minimum Gasteiger partial charge on any atom is -0.282 e. The molecule has 0 fully saturated rings. The van der Waals surface area contributed by atoms with Gasteiger partial charge in [-0.25, -0.2) is 4.98 Å². The highest BCUT2D eigenvalue weighted by atomic mass is 79.9. The Morgan fingerprint density at radius 2 is 2.36 bits per heavy atom. The van der Waals surface area contributed by atoms with E-state index in [0.29, 0.717) is 0 Å². The van der Waals surface area contributed by atoms with Gasteiger partial charge in [0.2, 0.25) is 0 Å². The van der Waals surface area contributed by atoms with Gasteiger partial charge in [0.1, 0.15) is 4.60 Å². The molecule has 56 valence electrons. The van der Waals surface area contributed by atoms with Gasteiger partial charge < -0.3 is 0 Å². The summed E-state index contributed by atoms with van der Waals surface area (Å²) in [7, 11) is 0. The first-order valence-corrected chi connectivity index (χ1v) is 4.03. The van der Waals surface area contributed by atoms with Gasteiger partial charge in [-0.2, -0.15) is 5.10 Å². The van der Waals surface area contributed by atoms with E-state index in [1.165, 1.54) is 0 Å². The summed E-state index contributed by atoms with van der Waals surface area (Å²) >= 11 is 3.28. The Hall–Kier alpha value is -0.900. The fourth-order valence-electron chi connectivity index (χ4n) is 1.01. The molecule has 0 saturated carbocycles. The number of pyridine rings is 1. The van der Waals surface area contributed by atoms with Gasteiger partial charge in [0.05, 0.1) is 5.52 Å². The number of nitrogens with one attached hydrogen (secondary N) is 1. The number of nitrogens with zero attached hydrogens (tertiary/aromatic N) is 2. The van der Waals surface area contributed by atoms with Crippen LogP contribution in [-0.4, -0.2) is 15.2 Å². The molecule has 4 heteroatoms. The predicted molar refractivity (Wildman–Crippen MR) is 46.3 cm³/mol. The van der Waals surface area contributed by atoms with Crippen LogP contribution in [0.15, 0.2) is 16.9 Å². The molecule has 2 aromatic heterocycles. The molecule has 0 unspecified atom stereocenters. The van der Waals surface area contributed by atoms with Crippen molar-refractivity contribution >= 4 is 26.8 Å². The third kappa shape index (κ3) is 1.03. The van der Waals surface area contributed by atoms with Crippen molar-refractivity contribution in [3.8, 4) is 0 Å². The number of aromatic amines is 1. The van der Waals surface area contributed by atoms with E-state index < -0.39 is 0 Å². The predicted octanol–water partition coefficient (Wildman–Crippen LogP) is 2.03. The van der Waals surface area contributed by atoms with Gasteiger partial charge in [0.25, 0.3) is 0 Å². The van der Waals surface area contributed by atoms with Crippen molar-refractivity contribution in [3.05, 3.63) is 22.6 Å². The summed E-state index contributed by atoms with van der Waals surface area (Å²) in [6.45, 7) is 1.98. The van der Waals surface area contributed by atoms with E-state index in [4.69, 9.17) is 0 Å². The quantitative estimate of drug-likeness (QED) is 0.678. The molecule has 11 heavy (non-hydrogen) atoms. The summed E-state index contributed by atoms with van der Waals surface area (Å²) in [5, 5.41) is 8.05. The lowest BCUT2D eigenvalue weighted by molar-refractivity contribution is 1.07. The van der Waals surface area contributed by atoms with Gasteiger partial charge in [-0.15, -0.1) is 0 Å². The van der Waals surface area contributed by atoms with E-state index in [1.807, 2.05) is 13.0 Å². The van der Waals surface area contributed by atoms with Crippen LogP contribution in [0.25, 0.3) is 10.9 Å². The van der Waals surface area contributed by atoms with Crippen LogP contribution >= 0.6 is 15.9 Å². The van der Waals surface area contributed by atoms with Crippen LogP contribution in [0.2, 0.25) is 0 Å². The van der Waals surface area contributed by atoms with Gasteiger partial charge in [0.15, 0.2) is 0 Å². The van der Waals surface area contributed by atoms with E-state index in [0.717, 1.165) is 21.2 Å². The van der Waals surface area contributed by atoms with Crippen molar-refractivity contribution < 1.29 is 0 Å². The molecular formula is C7H6BrN3. The van der Waals surface area contributed by atoms with E-state index in [-0.39, 0.29) is 0 Å². The van der Waals surface area contributed by atoms with E-state index in [2.05, 4.69) is 31.1 Å². The normalized spacial score (nSPS) is 10.7. The Bertz CT molecular complexity index is 393. The summed E-state index contributed by atoms with van der Waals surface area (Å²) in [6, 6.07) is 1.89. The fraction of sp³-hybridized carbons (Fsp3) is 0.143. The van der Waals surface area contributed by atoms with E-state index in [1.54, 1.807) is 6.20 Å². The van der Waals surface area contributed by atoms with Crippen molar-refractivity contribution in [1.29, 1.82) is 0 Å². The molecule has 0 spiro atoms. The minimum atomic E-state index is 0.816. The second-order valence-corrected chi connectivity index (χ2v) is 3.19. The van der Waals surface area contributed by atoms with E-state index in [9.17, 15) is 0 Å². The average Bonchev–Trinajstić information content (AvgIpc) is 2.32. The number of H-pyrrole nitrogens is 1. The molecule has 0 saturated heterocycles. The maximum absolute atomic E-state index is 4.10.